The van der Waals surface area contributed by atoms with E-state index in [2.05, 4.69) is 4.72 Å². The highest BCUT2D eigenvalue weighted by molar-refractivity contribution is 7.93. The summed E-state index contributed by atoms with van der Waals surface area (Å²) in [5.41, 5.74) is 2.45. The summed E-state index contributed by atoms with van der Waals surface area (Å²) in [6, 6.07) is 9.80. The second-order valence-corrected chi connectivity index (χ2v) is 9.75. The molecule has 0 amide bonds. The Morgan fingerprint density at radius 3 is 2.46 bits per heavy atom. The molecule has 0 atom stereocenters. The highest BCUT2D eigenvalue weighted by Gasteiger charge is 2.27. The van der Waals surface area contributed by atoms with Gasteiger partial charge in [0.05, 0.1) is 24.7 Å². The molecule has 9 heteroatoms. The number of hydrogen-bond acceptors (Lipinski definition) is 5. The average Bonchev–Trinajstić information content (AvgIpc) is 2.97. The van der Waals surface area contributed by atoms with E-state index in [-0.39, 0.29) is 10.6 Å². The van der Waals surface area contributed by atoms with Crippen LogP contribution >= 0.6 is 0 Å². The highest BCUT2D eigenvalue weighted by atomic mass is 32.2. The summed E-state index contributed by atoms with van der Waals surface area (Å²) in [4.78, 5) is 0.0282. The number of methoxy groups -OCH3 is 1. The molecule has 0 saturated heterocycles. The summed E-state index contributed by atoms with van der Waals surface area (Å²) in [7, 11) is -5.89. The Morgan fingerprint density at radius 2 is 1.81 bits per heavy atom. The molecule has 0 saturated carbocycles. The lowest BCUT2D eigenvalue weighted by Gasteiger charge is -2.18. The molecule has 26 heavy (non-hydrogen) atoms. The molecule has 2 aromatic rings. The molecule has 7 nitrogen and oxygen atoms in total. The van der Waals surface area contributed by atoms with E-state index in [0.29, 0.717) is 24.3 Å². The Bertz CT molecular complexity index is 1060. The van der Waals surface area contributed by atoms with Crippen molar-refractivity contribution in [2.45, 2.75) is 18.2 Å². The van der Waals surface area contributed by atoms with Crippen LogP contribution in [0.2, 0.25) is 0 Å². The number of benzene rings is 2. The SMILES string of the molecule is COc1ccc(C)cc1S(=O)(=O)Nc1ccc2c(c1)N(S(C)(=O)=O)CC2. The third kappa shape index (κ3) is 3.49. The van der Waals surface area contributed by atoms with Gasteiger partial charge in [-0.25, -0.2) is 16.8 Å². The minimum atomic E-state index is -3.89. The van der Waals surface area contributed by atoms with Crippen LogP contribution in [0.1, 0.15) is 11.1 Å². The number of rotatable bonds is 5. The van der Waals surface area contributed by atoms with Crippen LogP contribution in [-0.2, 0) is 26.5 Å². The van der Waals surface area contributed by atoms with E-state index in [1.807, 2.05) is 0 Å². The Hall–Kier alpha value is -2.26. The van der Waals surface area contributed by atoms with E-state index in [1.54, 1.807) is 37.3 Å². The van der Waals surface area contributed by atoms with Crippen LogP contribution in [0, 0.1) is 6.92 Å². The van der Waals surface area contributed by atoms with Crippen LogP contribution in [0.3, 0.4) is 0 Å². The summed E-state index contributed by atoms with van der Waals surface area (Å²) in [6.45, 7) is 2.15. The first-order valence-electron chi connectivity index (χ1n) is 7.90. The molecule has 3 rings (SSSR count). The van der Waals surface area contributed by atoms with Crippen molar-refractivity contribution in [1.82, 2.24) is 0 Å². The molecule has 0 aliphatic carbocycles. The normalized spacial score (nSPS) is 14.2. The average molecular weight is 396 g/mol. The fourth-order valence-corrected chi connectivity index (χ4v) is 5.22. The van der Waals surface area contributed by atoms with Gasteiger partial charge in [0.15, 0.2) is 0 Å². The largest absolute Gasteiger partial charge is 0.495 e. The third-order valence-electron chi connectivity index (χ3n) is 4.20. The molecule has 0 bridgehead atoms. The molecular formula is C17H20N2O5S2. The lowest BCUT2D eigenvalue weighted by molar-refractivity contribution is 0.402. The molecule has 0 unspecified atom stereocenters. The Morgan fingerprint density at radius 1 is 1.08 bits per heavy atom. The lowest BCUT2D eigenvalue weighted by Crippen LogP contribution is -2.27. The quantitative estimate of drug-likeness (QED) is 0.836. The van der Waals surface area contributed by atoms with Crippen LogP contribution in [-0.4, -0.2) is 36.7 Å². The molecule has 1 aliphatic heterocycles. The van der Waals surface area contributed by atoms with Gasteiger partial charge in [0.2, 0.25) is 10.0 Å². The van der Waals surface area contributed by atoms with Gasteiger partial charge in [0.1, 0.15) is 10.6 Å². The van der Waals surface area contributed by atoms with Crippen molar-refractivity contribution in [1.29, 1.82) is 0 Å². The zero-order valence-electron chi connectivity index (χ0n) is 14.7. The first-order valence-corrected chi connectivity index (χ1v) is 11.2. The monoisotopic (exact) mass is 396 g/mol. The van der Waals surface area contributed by atoms with Gasteiger partial charge in [-0.15, -0.1) is 0 Å². The summed E-state index contributed by atoms with van der Waals surface area (Å²) >= 11 is 0. The predicted molar refractivity (Wildman–Crippen MR) is 101 cm³/mol. The predicted octanol–water partition coefficient (Wildman–Crippen LogP) is 2.13. The second-order valence-electron chi connectivity index (χ2n) is 6.19. The van der Waals surface area contributed by atoms with Gasteiger partial charge >= 0.3 is 0 Å². The van der Waals surface area contributed by atoms with Crippen LogP contribution in [0.5, 0.6) is 5.75 Å². The van der Waals surface area contributed by atoms with Crippen molar-refractivity contribution >= 4 is 31.4 Å². The first kappa shape index (κ1) is 18.5. The van der Waals surface area contributed by atoms with Crippen molar-refractivity contribution in [2.75, 3.05) is 28.9 Å². The van der Waals surface area contributed by atoms with Crippen molar-refractivity contribution in [2.24, 2.45) is 0 Å². The number of nitrogens with one attached hydrogen (secondary N) is 1. The maximum absolute atomic E-state index is 12.8. The lowest BCUT2D eigenvalue weighted by atomic mass is 10.1. The zero-order valence-corrected chi connectivity index (χ0v) is 16.3. The maximum Gasteiger partial charge on any atom is 0.265 e. The smallest absolute Gasteiger partial charge is 0.265 e. The summed E-state index contributed by atoms with van der Waals surface area (Å²) in [5.74, 6) is 0.238. The van der Waals surface area contributed by atoms with E-state index < -0.39 is 20.0 Å². The Balaban J connectivity index is 1.99. The zero-order chi connectivity index (χ0) is 19.1. The van der Waals surface area contributed by atoms with Crippen molar-refractivity contribution < 1.29 is 21.6 Å². The van der Waals surface area contributed by atoms with E-state index in [1.165, 1.54) is 17.5 Å². The van der Waals surface area contributed by atoms with Crippen molar-refractivity contribution in [3.05, 3.63) is 47.5 Å². The fourth-order valence-electron chi connectivity index (χ4n) is 2.96. The molecular weight excluding hydrogens is 376 g/mol. The van der Waals surface area contributed by atoms with E-state index >= 15 is 0 Å². The Labute approximate surface area is 153 Å². The van der Waals surface area contributed by atoms with Gasteiger partial charge in [0, 0.05) is 6.54 Å². The molecule has 0 aromatic heterocycles. The number of aryl methyl sites for hydroxylation is 1. The number of nitrogens with zero attached hydrogens (tertiary/aromatic N) is 1. The van der Waals surface area contributed by atoms with Gasteiger partial charge in [-0.2, -0.15) is 0 Å². The summed E-state index contributed by atoms with van der Waals surface area (Å²) < 4.78 is 58.3. The molecule has 1 aliphatic rings. The summed E-state index contributed by atoms with van der Waals surface area (Å²) in [5, 5.41) is 0. The van der Waals surface area contributed by atoms with E-state index in [9.17, 15) is 16.8 Å². The number of hydrogen-bond donors (Lipinski definition) is 1. The summed E-state index contributed by atoms with van der Waals surface area (Å²) in [6.07, 6.45) is 1.73. The number of anilines is 2. The number of sulfonamides is 2. The van der Waals surface area contributed by atoms with Crippen LogP contribution in [0.15, 0.2) is 41.3 Å². The third-order valence-corrected chi connectivity index (χ3v) is 6.78. The molecule has 140 valence electrons. The van der Waals surface area contributed by atoms with Crippen LogP contribution in [0.25, 0.3) is 0 Å². The minimum Gasteiger partial charge on any atom is -0.495 e. The van der Waals surface area contributed by atoms with E-state index in [0.717, 1.165) is 17.4 Å². The van der Waals surface area contributed by atoms with Crippen molar-refractivity contribution in [3.8, 4) is 5.75 Å². The molecule has 0 fully saturated rings. The van der Waals surface area contributed by atoms with Crippen LogP contribution in [0.4, 0.5) is 11.4 Å². The minimum absolute atomic E-state index is 0.0282. The number of ether oxygens (including phenoxy) is 1. The van der Waals surface area contributed by atoms with Gasteiger partial charge < -0.3 is 4.74 Å². The molecule has 1 heterocycles. The first-order chi connectivity index (χ1) is 12.1. The molecule has 0 spiro atoms. The van der Waals surface area contributed by atoms with Gasteiger partial charge in [-0.1, -0.05) is 12.1 Å². The maximum atomic E-state index is 12.8. The fraction of sp³-hybridized carbons (Fsp3) is 0.294. The van der Waals surface area contributed by atoms with E-state index in [4.69, 9.17) is 4.74 Å². The van der Waals surface area contributed by atoms with Gasteiger partial charge in [-0.05, 0) is 48.7 Å². The van der Waals surface area contributed by atoms with Gasteiger partial charge in [-0.3, -0.25) is 9.03 Å². The highest BCUT2D eigenvalue weighted by Crippen LogP contribution is 2.34. The Kier molecular flexibility index (Phi) is 4.61. The topological polar surface area (TPSA) is 92.8 Å². The van der Waals surface area contributed by atoms with Crippen LogP contribution < -0.4 is 13.8 Å². The number of fused-ring (bicyclic) bond motifs is 1. The van der Waals surface area contributed by atoms with Crippen molar-refractivity contribution in [3.63, 3.8) is 0 Å². The second kappa shape index (κ2) is 6.48. The van der Waals surface area contributed by atoms with Gasteiger partial charge in [0.25, 0.3) is 10.0 Å². The standard InChI is InChI=1S/C17H20N2O5S2/c1-12-4-7-16(24-2)17(10-12)26(22,23)18-14-6-5-13-8-9-19(15(13)11-14)25(3,20)21/h4-7,10-11,18H,8-9H2,1-3H3. The molecule has 2 aromatic carbocycles. The molecule has 0 radical (unpaired) electrons. The molecule has 1 N–H and O–H groups in total.